The van der Waals surface area contributed by atoms with Crippen LogP contribution in [0.5, 0.6) is 0 Å². The summed E-state index contributed by atoms with van der Waals surface area (Å²) in [6.45, 7) is 4.73. The standard InChI is InChI=1S/C74H134N26O27/c1-36(2)56(69(124)97-47(22-27-52(107)108)66(121)93-44(19-13-35-87-74(83)84)61(116)94-45(20-25-50(103)104)64(119)90-41(16-7-10-32-77)63(118)98-49(71(126)127)24-29-54(111)112)99-70(125)57(38(4)102)100-67(122)48(23-28-53(109)110)95-62(117)43(18-12-34-86-73(81)82)92-60(115)42(17-11-33-85-72(79)80)91-59(114)39(14-5-8-30-75)88-58(113)40(15-6-9-31-76)89-65(120)46(21-26-51(105)106)96-68(123)55(78)37(3)101/h36-49,55-57,64,90,101-102,119H,5-35,75-78H2,1-4H3,(H,88,113)(H,89,120)(H,91,114)(H,92,115)(H,93,121)(H,94,116)(H,95,117)(H,96,123)(H,97,124)(H,98,118)(H,99,125)(H,100,122)(H,103,104)(H,105,106)(H,107,108)(H,109,110)(H,111,112)(H,126,127)(H4,79,80,85)(H4,81,82,86)(H4,83,84,87)/t37-,38-,39+,40+,41+,42+,43+,44+,45+,46+,47+,48+,49+,55+,56+,57+,64?/m1/s1. The maximum atomic E-state index is 14.8. The van der Waals surface area contributed by atoms with Gasteiger partial charge in [-0.15, -0.1) is 0 Å². The topological polar surface area (TPSA) is 943 Å². The van der Waals surface area contributed by atoms with Crippen LogP contribution in [0.25, 0.3) is 0 Å². The van der Waals surface area contributed by atoms with Crippen LogP contribution < -0.4 is 126 Å². The van der Waals surface area contributed by atoms with Crippen molar-refractivity contribution in [3.63, 3.8) is 0 Å². The van der Waals surface area contributed by atoms with Crippen molar-refractivity contribution in [2.45, 2.75) is 291 Å². The highest BCUT2D eigenvalue weighted by molar-refractivity contribution is 6.00. The minimum atomic E-state index is -2.12. The minimum absolute atomic E-state index is 0.0698. The van der Waals surface area contributed by atoms with Gasteiger partial charge in [-0.1, -0.05) is 20.3 Å². The van der Waals surface area contributed by atoms with Crippen molar-refractivity contribution < 1.29 is 132 Å². The molecule has 53 nitrogen and oxygen atoms in total. The van der Waals surface area contributed by atoms with Gasteiger partial charge in [0, 0.05) is 51.7 Å². The Morgan fingerprint density at radius 2 is 0.520 bits per heavy atom. The Kier molecular flexibility index (Phi) is 57.0. The molecule has 1 unspecified atom stereocenters. The summed E-state index contributed by atoms with van der Waals surface area (Å²) in [6, 6.07) is -24.1. The smallest absolute Gasteiger partial charge is 0.326 e. The fourth-order valence-corrected chi connectivity index (χ4v) is 12.0. The molecule has 0 aromatic carbocycles. The number of hydrogen-bond donors (Lipinski definition) is 32. The molecule has 0 spiro atoms. The molecule has 127 heavy (non-hydrogen) atoms. The fourth-order valence-electron chi connectivity index (χ4n) is 12.0. The lowest BCUT2D eigenvalue weighted by Crippen LogP contribution is -2.63. The molecule has 12 amide bonds. The molecule has 17 atom stereocenters. The van der Waals surface area contributed by atoms with Gasteiger partial charge in [0.15, 0.2) is 17.9 Å². The number of hydrogen-bond acceptors (Lipinski definition) is 29. The van der Waals surface area contributed by atoms with Crippen molar-refractivity contribution >= 4 is 125 Å². The normalized spacial score (nSPS) is 15.1. The molecule has 0 aromatic rings. The summed E-state index contributed by atoms with van der Waals surface area (Å²) >= 11 is 0. The molecule has 53 heteroatoms. The van der Waals surface area contributed by atoms with Gasteiger partial charge in [0.25, 0.3) is 0 Å². The molecule has 0 radical (unpaired) electrons. The molecule has 0 saturated carbocycles. The van der Waals surface area contributed by atoms with Gasteiger partial charge in [-0.3, -0.25) is 102 Å². The summed E-state index contributed by atoms with van der Waals surface area (Å²) in [5, 5.41) is 122. The van der Waals surface area contributed by atoms with Crippen LogP contribution >= 0.6 is 0 Å². The molecule has 42 N–H and O–H groups in total. The minimum Gasteiger partial charge on any atom is -0.481 e. The van der Waals surface area contributed by atoms with E-state index in [-0.39, 0.29) is 116 Å². The van der Waals surface area contributed by atoms with E-state index in [4.69, 9.17) is 57.3 Å². The van der Waals surface area contributed by atoms with Crippen LogP contribution in [-0.2, 0) is 86.3 Å². The largest absolute Gasteiger partial charge is 0.481 e. The van der Waals surface area contributed by atoms with Crippen LogP contribution in [0.1, 0.15) is 188 Å². The molecule has 0 bridgehead atoms. The van der Waals surface area contributed by atoms with E-state index in [9.17, 15) is 132 Å². The number of nitrogens with two attached hydrogens (primary N) is 10. The van der Waals surface area contributed by atoms with Gasteiger partial charge in [0.2, 0.25) is 70.9 Å². The zero-order chi connectivity index (χ0) is 96.8. The van der Waals surface area contributed by atoms with E-state index in [0.29, 0.717) is 12.8 Å². The highest BCUT2D eigenvalue weighted by Crippen LogP contribution is 2.16. The Hall–Kier alpha value is -12.0. The lowest BCUT2D eigenvalue weighted by Gasteiger charge is -2.31. The predicted octanol–water partition coefficient (Wildman–Crippen LogP) is -11.2. The van der Waals surface area contributed by atoms with Gasteiger partial charge < -0.3 is 167 Å². The van der Waals surface area contributed by atoms with Gasteiger partial charge in [0.1, 0.15) is 78.7 Å². The van der Waals surface area contributed by atoms with Crippen LogP contribution in [-0.4, -0.2) is 313 Å². The van der Waals surface area contributed by atoms with Gasteiger partial charge in [-0.25, -0.2) is 4.79 Å². The first kappa shape index (κ1) is 115. The number of carboxylic acids is 6. The Morgan fingerprint density at radius 1 is 0.276 bits per heavy atom. The first-order valence-corrected chi connectivity index (χ1v) is 41.4. The summed E-state index contributed by atoms with van der Waals surface area (Å²) in [5.74, 6) is -24.9. The number of amides is 12. The number of aliphatic hydroxyl groups is 3. The lowest BCUT2D eigenvalue weighted by atomic mass is 10.0. The van der Waals surface area contributed by atoms with Crippen molar-refractivity contribution in [3.05, 3.63) is 0 Å². The molecule has 722 valence electrons. The molecule has 0 fully saturated rings. The van der Waals surface area contributed by atoms with E-state index < -0.39 is 305 Å². The summed E-state index contributed by atoms with van der Waals surface area (Å²) < 4.78 is 0. The van der Waals surface area contributed by atoms with Crippen molar-refractivity contribution in [1.29, 1.82) is 0 Å². The highest BCUT2D eigenvalue weighted by Gasteiger charge is 2.40. The zero-order valence-electron chi connectivity index (χ0n) is 71.8. The summed E-state index contributed by atoms with van der Waals surface area (Å²) in [5.41, 5.74) is 56.2. The van der Waals surface area contributed by atoms with Crippen LogP contribution in [0.3, 0.4) is 0 Å². The molecule has 0 aliphatic heterocycles. The highest BCUT2D eigenvalue weighted by atomic mass is 16.4. The van der Waals surface area contributed by atoms with Crippen molar-refractivity contribution in [3.8, 4) is 0 Å². The number of nitrogens with one attached hydrogen (secondary N) is 13. The number of rotatable bonds is 70. The number of aliphatic imine (C=N–C) groups is 3. The van der Waals surface area contributed by atoms with E-state index in [2.05, 4.69) is 84.1 Å². The third-order valence-corrected chi connectivity index (χ3v) is 19.1. The molecule has 0 rings (SSSR count). The Labute approximate surface area is 732 Å². The SMILES string of the molecule is CC(C)[C@H](NC(=O)[C@@H](NC(=O)[C@H](CCC(=O)O)NC(=O)[C@H](CCCN=C(N)N)NC(=O)[C@H](CCCN=C(N)N)NC(=O)[C@H](CCCCN)NC(=O)[C@H](CCCCN)NC(=O)[C@H](CCC(=O)O)NC(=O)[C@@H](N)[C@@H](C)O)[C@@H](C)O)C(=O)N[C@@H](CCC(=O)O)C(=O)N[C@@H](CCCN=C(N)N)C(=O)N[C@@H](CCC(=O)O)C(O)N[C@@H](CCCCN)C(=O)N[C@@H](CCC(=O)O)C(=O)O. The summed E-state index contributed by atoms with van der Waals surface area (Å²) in [6.07, 6.45) is -12.8. The maximum absolute atomic E-state index is 14.8. The van der Waals surface area contributed by atoms with Crippen molar-refractivity contribution in [2.75, 3.05) is 39.3 Å². The third kappa shape index (κ3) is 50.0. The van der Waals surface area contributed by atoms with Gasteiger partial charge >= 0.3 is 35.8 Å². The number of unbranched alkanes of at least 4 members (excludes halogenated alkanes) is 3. The van der Waals surface area contributed by atoms with Crippen molar-refractivity contribution in [2.24, 2.45) is 78.2 Å². The first-order chi connectivity index (χ1) is 59.6. The number of carboxylic acid groups (broad SMARTS) is 6. The average molecular weight is 1820 g/mol. The summed E-state index contributed by atoms with van der Waals surface area (Å²) in [4.78, 5) is 254. The number of carbonyl (C=O) groups excluding carboxylic acids is 12. The van der Waals surface area contributed by atoms with Gasteiger partial charge in [0.05, 0.1) is 24.3 Å². The van der Waals surface area contributed by atoms with E-state index in [1.807, 2.05) is 0 Å². The quantitative estimate of drug-likeness (QED) is 0.0116. The second-order valence-corrected chi connectivity index (χ2v) is 30.3. The monoisotopic (exact) mass is 1820 g/mol. The average Bonchev–Trinajstić information content (AvgIpc) is 0.845. The van der Waals surface area contributed by atoms with E-state index in [0.717, 1.165) is 6.92 Å². The number of aliphatic carboxylic acids is 6. The van der Waals surface area contributed by atoms with Crippen LogP contribution in [0.4, 0.5) is 0 Å². The number of nitrogens with zero attached hydrogens (tertiary/aromatic N) is 3. The maximum Gasteiger partial charge on any atom is 0.326 e. The predicted molar refractivity (Wildman–Crippen MR) is 453 cm³/mol. The Bertz CT molecular complexity index is 3680. The molecule has 0 aliphatic carbocycles. The van der Waals surface area contributed by atoms with E-state index >= 15 is 0 Å². The molecular weight excluding hydrogens is 1680 g/mol. The Morgan fingerprint density at radius 3 is 0.811 bits per heavy atom. The fraction of sp³-hybridized carbons (Fsp3) is 0.716. The number of carbonyl (C=O) groups is 18. The van der Waals surface area contributed by atoms with Crippen molar-refractivity contribution in [1.82, 2.24) is 69.1 Å². The van der Waals surface area contributed by atoms with Crippen LogP contribution in [0.15, 0.2) is 15.0 Å². The third-order valence-electron chi connectivity index (χ3n) is 19.1. The van der Waals surface area contributed by atoms with Gasteiger partial charge in [-0.2, -0.15) is 0 Å². The zero-order valence-corrected chi connectivity index (χ0v) is 71.8. The number of aliphatic hydroxyl groups excluding tert-OH is 3. The van der Waals surface area contributed by atoms with E-state index in [1.165, 1.54) is 20.8 Å². The first-order valence-electron chi connectivity index (χ1n) is 41.4. The number of guanidine groups is 3. The summed E-state index contributed by atoms with van der Waals surface area (Å²) in [7, 11) is 0. The molecule has 0 saturated heterocycles. The second-order valence-electron chi connectivity index (χ2n) is 30.3. The van der Waals surface area contributed by atoms with E-state index in [1.54, 1.807) is 0 Å². The second kappa shape index (κ2) is 63.0. The molecule has 0 heterocycles. The molecule has 0 aliphatic rings. The van der Waals surface area contributed by atoms with Crippen LogP contribution in [0.2, 0.25) is 0 Å². The molecule has 0 aromatic heterocycles. The molecular formula is C74H134N26O27. The van der Waals surface area contributed by atoms with Crippen LogP contribution in [0, 0.1) is 5.92 Å². The Balaban J connectivity index is 7.72. The lowest BCUT2D eigenvalue weighted by molar-refractivity contribution is -0.144. The van der Waals surface area contributed by atoms with Gasteiger partial charge in [-0.05, 0) is 161 Å².